The number of carbonyl (C=O) groups is 2. The summed E-state index contributed by atoms with van der Waals surface area (Å²) in [5.41, 5.74) is 0.212. The molecule has 1 N–H and O–H groups in total. The third kappa shape index (κ3) is 2.81. The second-order valence-electron chi connectivity index (χ2n) is 4.72. The van der Waals surface area contributed by atoms with Crippen LogP contribution >= 0.6 is 23.2 Å². The van der Waals surface area contributed by atoms with Gasteiger partial charge in [0.25, 0.3) is 11.8 Å². The van der Waals surface area contributed by atoms with Crippen molar-refractivity contribution in [3.8, 4) is 0 Å². The first-order valence-corrected chi connectivity index (χ1v) is 7.30. The van der Waals surface area contributed by atoms with Gasteiger partial charge in [-0.05, 0) is 36.4 Å². The quantitative estimate of drug-likeness (QED) is 0.853. The average molecular weight is 351 g/mol. The predicted molar refractivity (Wildman–Crippen MR) is 86.8 cm³/mol. The van der Waals surface area contributed by atoms with Gasteiger partial charge in [-0.25, -0.2) is 9.29 Å². The zero-order valence-corrected chi connectivity index (χ0v) is 13.0. The van der Waals surface area contributed by atoms with E-state index in [4.69, 9.17) is 23.2 Å². The Morgan fingerprint density at radius 2 is 1.57 bits per heavy atom. The van der Waals surface area contributed by atoms with Gasteiger partial charge < -0.3 is 5.32 Å². The van der Waals surface area contributed by atoms with Gasteiger partial charge in [-0.15, -0.1) is 0 Å². The molecule has 3 rings (SSSR count). The van der Waals surface area contributed by atoms with Crippen molar-refractivity contribution in [1.82, 2.24) is 0 Å². The minimum Gasteiger partial charge on any atom is -0.347 e. The van der Waals surface area contributed by atoms with Crippen molar-refractivity contribution in [3.05, 3.63) is 70.1 Å². The van der Waals surface area contributed by atoms with Gasteiger partial charge in [0.05, 0.1) is 11.4 Å². The van der Waals surface area contributed by atoms with Crippen LogP contribution in [0.1, 0.15) is 0 Å². The lowest BCUT2D eigenvalue weighted by atomic mass is 10.2. The molecule has 0 saturated carbocycles. The average Bonchev–Trinajstić information content (AvgIpc) is 2.74. The Labute approximate surface area is 141 Å². The maximum Gasteiger partial charge on any atom is 0.283 e. The highest BCUT2D eigenvalue weighted by molar-refractivity contribution is 6.53. The molecule has 0 fully saturated rings. The van der Waals surface area contributed by atoms with Crippen molar-refractivity contribution in [3.63, 3.8) is 0 Å². The van der Waals surface area contributed by atoms with Crippen LogP contribution in [-0.4, -0.2) is 11.8 Å². The van der Waals surface area contributed by atoms with Gasteiger partial charge in [0.15, 0.2) is 0 Å². The van der Waals surface area contributed by atoms with Crippen LogP contribution in [-0.2, 0) is 9.59 Å². The van der Waals surface area contributed by atoms with Gasteiger partial charge in [-0.2, -0.15) is 0 Å². The SMILES string of the molecule is O=C1C(Cl)=C(Nc2ccccc2F)C(=O)N1c1ccc(Cl)cc1. The van der Waals surface area contributed by atoms with E-state index < -0.39 is 17.6 Å². The van der Waals surface area contributed by atoms with Crippen LogP contribution in [0.2, 0.25) is 5.02 Å². The van der Waals surface area contributed by atoms with E-state index in [1.165, 1.54) is 30.3 Å². The number of anilines is 2. The third-order valence-corrected chi connectivity index (χ3v) is 3.85. The maximum absolute atomic E-state index is 13.7. The number of imide groups is 1. The van der Waals surface area contributed by atoms with Crippen LogP contribution < -0.4 is 10.2 Å². The number of carbonyl (C=O) groups excluding carboxylic acids is 2. The molecule has 2 aromatic carbocycles. The molecule has 7 heteroatoms. The van der Waals surface area contributed by atoms with E-state index in [1.807, 2.05) is 0 Å². The van der Waals surface area contributed by atoms with Crippen molar-refractivity contribution in [1.29, 1.82) is 0 Å². The summed E-state index contributed by atoms with van der Waals surface area (Å²) in [5.74, 6) is -1.90. The number of rotatable bonds is 3. The van der Waals surface area contributed by atoms with E-state index in [1.54, 1.807) is 18.2 Å². The minimum atomic E-state index is -0.683. The van der Waals surface area contributed by atoms with Gasteiger partial charge >= 0.3 is 0 Å². The van der Waals surface area contributed by atoms with Crippen LogP contribution in [0.15, 0.2) is 59.3 Å². The summed E-state index contributed by atoms with van der Waals surface area (Å²) < 4.78 is 13.7. The highest BCUT2D eigenvalue weighted by Crippen LogP contribution is 2.31. The van der Waals surface area contributed by atoms with E-state index in [0.717, 1.165) is 4.90 Å². The molecule has 0 saturated heterocycles. The minimum absolute atomic E-state index is 0.0553. The molecule has 0 unspecified atom stereocenters. The first-order valence-electron chi connectivity index (χ1n) is 6.54. The molecule has 0 radical (unpaired) electrons. The van der Waals surface area contributed by atoms with Crippen LogP contribution in [0.4, 0.5) is 15.8 Å². The van der Waals surface area contributed by atoms with Crippen molar-refractivity contribution >= 4 is 46.4 Å². The van der Waals surface area contributed by atoms with Gasteiger partial charge in [-0.3, -0.25) is 9.59 Å². The number of nitrogens with one attached hydrogen (secondary N) is 1. The molecular weight excluding hydrogens is 342 g/mol. The summed E-state index contributed by atoms with van der Waals surface area (Å²) in [5, 5.41) is 2.76. The van der Waals surface area contributed by atoms with Gasteiger partial charge in [0, 0.05) is 5.02 Å². The molecule has 0 atom stereocenters. The molecule has 0 aromatic heterocycles. The lowest BCUT2D eigenvalue weighted by molar-refractivity contribution is -0.120. The third-order valence-electron chi connectivity index (χ3n) is 3.25. The molecule has 23 heavy (non-hydrogen) atoms. The summed E-state index contributed by atoms with van der Waals surface area (Å²) in [4.78, 5) is 25.6. The van der Waals surface area contributed by atoms with E-state index >= 15 is 0 Å². The highest BCUT2D eigenvalue weighted by Gasteiger charge is 2.39. The molecule has 0 aliphatic carbocycles. The number of benzene rings is 2. The summed E-state index contributed by atoms with van der Waals surface area (Å²) in [6.07, 6.45) is 0. The summed E-state index contributed by atoms with van der Waals surface area (Å²) in [6, 6.07) is 11.9. The number of halogens is 3. The first-order chi connectivity index (χ1) is 11.0. The van der Waals surface area contributed by atoms with Gasteiger partial charge in [0.1, 0.15) is 16.5 Å². The molecule has 4 nitrogen and oxygen atoms in total. The Morgan fingerprint density at radius 3 is 2.22 bits per heavy atom. The van der Waals surface area contributed by atoms with E-state index in [0.29, 0.717) is 10.7 Å². The largest absolute Gasteiger partial charge is 0.347 e. The molecular formula is C16H9Cl2FN2O2. The number of hydrogen-bond acceptors (Lipinski definition) is 3. The Bertz CT molecular complexity index is 834. The zero-order chi connectivity index (χ0) is 16.6. The molecule has 0 bridgehead atoms. The monoisotopic (exact) mass is 350 g/mol. The van der Waals surface area contributed by atoms with Crippen LogP contribution in [0.3, 0.4) is 0 Å². The fraction of sp³-hybridized carbons (Fsp3) is 0. The summed E-state index contributed by atoms with van der Waals surface area (Å²) in [7, 11) is 0. The van der Waals surface area contributed by atoms with Crippen molar-refractivity contribution in [2.24, 2.45) is 0 Å². The fourth-order valence-corrected chi connectivity index (χ4v) is 2.47. The Balaban J connectivity index is 1.93. The number of amides is 2. The molecule has 116 valence electrons. The molecule has 2 amide bonds. The topological polar surface area (TPSA) is 49.4 Å². The van der Waals surface area contributed by atoms with E-state index in [-0.39, 0.29) is 16.4 Å². The normalized spacial score (nSPS) is 14.7. The van der Waals surface area contributed by atoms with Crippen LogP contribution in [0.25, 0.3) is 0 Å². The van der Waals surface area contributed by atoms with E-state index in [2.05, 4.69) is 5.32 Å². The number of hydrogen-bond donors (Lipinski definition) is 1. The number of nitrogens with zero attached hydrogens (tertiary/aromatic N) is 1. The Kier molecular flexibility index (Phi) is 4.07. The predicted octanol–water partition coefficient (Wildman–Crippen LogP) is 3.91. The lowest BCUT2D eigenvalue weighted by Gasteiger charge is -2.15. The standard InChI is InChI=1S/C16H9Cl2FN2O2/c17-9-5-7-10(8-6-9)21-15(22)13(18)14(16(21)23)20-12-4-2-1-3-11(12)19/h1-8,20H. The smallest absolute Gasteiger partial charge is 0.283 e. The van der Waals surface area contributed by atoms with Crippen molar-refractivity contribution < 1.29 is 14.0 Å². The van der Waals surface area contributed by atoms with Crippen molar-refractivity contribution in [2.45, 2.75) is 0 Å². The van der Waals surface area contributed by atoms with Crippen LogP contribution in [0.5, 0.6) is 0 Å². The fourth-order valence-electron chi connectivity index (χ4n) is 2.13. The highest BCUT2D eigenvalue weighted by atomic mass is 35.5. The molecule has 2 aromatic rings. The van der Waals surface area contributed by atoms with Crippen molar-refractivity contribution in [2.75, 3.05) is 10.2 Å². The lowest BCUT2D eigenvalue weighted by Crippen LogP contribution is -2.32. The second-order valence-corrected chi connectivity index (χ2v) is 5.53. The summed E-state index contributed by atoms with van der Waals surface area (Å²) >= 11 is 11.8. The molecule has 1 aliphatic heterocycles. The summed E-state index contributed by atoms with van der Waals surface area (Å²) in [6.45, 7) is 0. The molecule has 0 spiro atoms. The Morgan fingerprint density at radius 1 is 0.913 bits per heavy atom. The van der Waals surface area contributed by atoms with Gasteiger partial charge in [0.2, 0.25) is 0 Å². The van der Waals surface area contributed by atoms with E-state index in [9.17, 15) is 14.0 Å². The number of para-hydroxylation sites is 1. The Hall–Kier alpha value is -2.37. The van der Waals surface area contributed by atoms with Crippen LogP contribution in [0, 0.1) is 5.82 Å². The first kappa shape index (κ1) is 15.5. The maximum atomic E-state index is 13.7. The second kappa shape index (κ2) is 6.02. The van der Waals surface area contributed by atoms with Gasteiger partial charge in [-0.1, -0.05) is 35.3 Å². The molecule has 1 heterocycles. The zero-order valence-electron chi connectivity index (χ0n) is 11.5. The molecule has 1 aliphatic rings.